The topological polar surface area (TPSA) is 83.7 Å². The lowest BCUT2D eigenvalue weighted by Crippen LogP contribution is -2.31. The van der Waals surface area contributed by atoms with E-state index >= 15 is 0 Å². The number of carbonyl (C=O) groups is 1. The molecule has 6 heteroatoms. The highest BCUT2D eigenvalue weighted by Crippen LogP contribution is 2.38. The molecule has 0 saturated carbocycles. The number of para-hydroxylation sites is 1. The van der Waals surface area contributed by atoms with Crippen LogP contribution in [0.3, 0.4) is 0 Å². The Morgan fingerprint density at radius 2 is 2.21 bits per heavy atom. The normalized spacial score (nSPS) is 22.5. The third kappa shape index (κ3) is 2.25. The minimum Gasteiger partial charge on any atom is -0.481 e. The van der Waals surface area contributed by atoms with Crippen LogP contribution in [-0.4, -0.2) is 29.1 Å². The summed E-state index contributed by atoms with van der Waals surface area (Å²) in [7, 11) is 0. The Morgan fingerprint density at radius 1 is 1.53 bits per heavy atom. The number of carboxylic acid groups (broad SMARTS) is 1. The first-order valence-corrected chi connectivity index (χ1v) is 6.07. The number of aliphatic carboxylic acids is 1. The van der Waals surface area contributed by atoms with Crippen molar-refractivity contribution in [3.63, 3.8) is 0 Å². The van der Waals surface area contributed by atoms with E-state index in [2.05, 4.69) is 0 Å². The molecule has 0 aromatic heterocycles. The molecular formula is C13H16N2O4. The SMILES string of the molecule is Cc1cccc(N2CCC(C)(C(=O)O)C2)c1[N+](=O)[O-]. The standard InChI is InChI=1S/C13H16N2O4/c1-9-4-3-5-10(11(9)15(18)19)14-7-6-13(2,8-14)12(16)17/h3-5H,6-8H2,1-2H3,(H,16,17). The molecule has 1 saturated heterocycles. The van der Waals surface area contributed by atoms with Crippen molar-refractivity contribution in [2.45, 2.75) is 20.3 Å². The Kier molecular flexibility index (Phi) is 3.18. The molecule has 0 amide bonds. The molecule has 1 atom stereocenters. The highest BCUT2D eigenvalue weighted by atomic mass is 16.6. The molecule has 1 unspecified atom stereocenters. The first-order chi connectivity index (χ1) is 8.85. The second-order valence-electron chi connectivity index (χ2n) is 5.24. The third-order valence-electron chi connectivity index (χ3n) is 3.73. The van der Waals surface area contributed by atoms with E-state index in [0.717, 1.165) is 0 Å². The smallest absolute Gasteiger partial charge is 0.311 e. The summed E-state index contributed by atoms with van der Waals surface area (Å²) in [5.74, 6) is -0.856. The molecule has 19 heavy (non-hydrogen) atoms. The van der Waals surface area contributed by atoms with Gasteiger partial charge in [-0.2, -0.15) is 0 Å². The highest BCUT2D eigenvalue weighted by Gasteiger charge is 2.42. The van der Waals surface area contributed by atoms with Crippen molar-refractivity contribution in [3.8, 4) is 0 Å². The Labute approximate surface area is 110 Å². The zero-order valence-corrected chi connectivity index (χ0v) is 10.9. The van der Waals surface area contributed by atoms with Crippen molar-refractivity contribution in [2.75, 3.05) is 18.0 Å². The van der Waals surface area contributed by atoms with E-state index in [0.29, 0.717) is 30.8 Å². The molecule has 1 aliphatic heterocycles. The zero-order valence-electron chi connectivity index (χ0n) is 10.9. The van der Waals surface area contributed by atoms with Gasteiger partial charge in [-0.05, 0) is 26.3 Å². The average molecular weight is 264 g/mol. The van der Waals surface area contributed by atoms with Crippen molar-refractivity contribution < 1.29 is 14.8 Å². The second-order valence-corrected chi connectivity index (χ2v) is 5.24. The van der Waals surface area contributed by atoms with E-state index in [-0.39, 0.29) is 5.69 Å². The fourth-order valence-corrected chi connectivity index (χ4v) is 2.48. The van der Waals surface area contributed by atoms with E-state index in [1.807, 2.05) is 0 Å². The van der Waals surface area contributed by atoms with Gasteiger partial charge in [0, 0.05) is 18.7 Å². The van der Waals surface area contributed by atoms with Crippen molar-refractivity contribution >= 4 is 17.3 Å². The van der Waals surface area contributed by atoms with Gasteiger partial charge >= 0.3 is 5.97 Å². The minimum atomic E-state index is -0.856. The van der Waals surface area contributed by atoms with Crippen LogP contribution in [0.15, 0.2) is 18.2 Å². The van der Waals surface area contributed by atoms with E-state index in [9.17, 15) is 20.0 Å². The number of carboxylic acids is 1. The molecule has 1 aromatic carbocycles. The predicted octanol–water partition coefficient (Wildman–Crippen LogP) is 2.20. The van der Waals surface area contributed by atoms with Gasteiger partial charge in [0.2, 0.25) is 0 Å². The summed E-state index contributed by atoms with van der Waals surface area (Å²) in [6.45, 7) is 4.19. The first-order valence-electron chi connectivity index (χ1n) is 6.07. The predicted molar refractivity (Wildman–Crippen MR) is 70.4 cm³/mol. The molecule has 1 aromatic rings. The summed E-state index contributed by atoms with van der Waals surface area (Å²) in [6.07, 6.45) is 0.493. The summed E-state index contributed by atoms with van der Waals surface area (Å²) in [4.78, 5) is 23.8. The average Bonchev–Trinajstić information content (AvgIpc) is 2.72. The largest absolute Gasteiger partial charge is 0.481 e. The van der Waals surface area contributed by atoms with Crippen LogP contribution in [0.1, 0.15) is 18.9 Å². The van der Waals surface area contributed by atoms with Gasteiger partial charge < -0.3 is 10.0 Å². The molecule has 0 radical (unpaired) electrons. The maximum absolute atomic E-state index is 11.2. The lowest BCUT2D eigenvalue weighted by atomic mass is 9.90. The zero-order chi connectivity index (χ0) is 14.2. The monoisotopic (exact) mass is 264 g/mol. The minimum absolute atomic E-state index is 0.0668. The van der Waals surface area contributed by atoms with Crippen LogP contribution in [0.2, 0.25) is 0 Å². The Hall–Kier alpha value is -2.11. The van der Waals surface area contributed by atoms with Crippen LogP contribution in [0, 0.1) is 22.5 Å². The number of nitrogens with zero attached hydrogens (tertiary/aromatic N) is 2. The van der Waals surface area contributed by atoms with Crippen LogP contribution in [0.5, 0.6) is 0 Å². The lowest BCUT2D eigenvalue weighted by Gasteiger charge is -2.22. The first kappa shape index (κ1) is 13.3. The van der Waals surface area contributed by atoms with Gasteiger partial charge in [0.05, 0.1) is 10.3 Å². The molecule has 2 rings (SSSR count). The molecule has 102 valence electrons. The molecule has 1 aliphatic rings. The highest BCUT2D eigenvalue weighted by molar-refractivity contribution is 5.77. The number of hydrogen-bond acceptors (Lipinski definition) is 4. The number of benzene rings is 1. The summed E-state index contributed by atoms with van der Waals surface area (Å²) in [5, 5.41) is 20.4. The summed E-state index contributed by atoms with van der Waals surface area (Å²) < 4.78 is 0. The van der Waals surface area contributed by atoms with Gasteiger partial charge in [0.25, 0.3) is 5.69 Å². The van der Waals surface area contributed by atoms with Gasteiger partial charge in [-0.15, -0.1) is 0 Å². The van der Waals surface area contributed by atoms with Crippen LogP contribution in [0.25, 0.3) is 0 Å². The van der Waals surface area contributed by atoms with Crippen molar-refractivity contribution in [1.29, 1.82) is 0 Å². The Morgan fingerprint density at radius 3 is 2.74 bits per heavy atom. The molecular weight excluding hydrogens is 248 g/mol. The van der Waals surface area contributed by atoms with Crippen LogP contribution < -0.4 is 4.90 Å². The van der Waals surface area contributed by atoms with Gasteiger partial charge in [0.1, 0.15) is 5.69 Å². The molecule has 1 fully saturated rings. The second kappa shape index (κ2) is 4.53. The quantitative estimate of drug-likeness (QED) is 0.668. The molecule has 0 aliphatic carbocycles. The summed E-state index contributed by atoms with van der Waals surface area (Å²) >= 11 is 0. The van der Waals surface area contributed by atoms with E-state index in [1.165, 1.54) is 0 Å². The van der Waals surface area contributed by atoms with Gasteiger partial charge in [0.15, 0.2) is 0 Å². The van der Waals surface area contributed by atoms with Crippen LogP contribution >= 0.6 is 0 Å². The summed E-state index contributed by atoms with van der Waals surface area (Å²) in [6, 6.07) is 5.13. The van der Waals surface area contributed by atoms with E-state index < -0.39 is 16.3 Å². The maximum atomic E-state index is 11.2. The van der Waals surface area contributed by atoms with Crippen molar-refractivity contribution in [1.82, 2.24) is 0 Å². The molecule has 1 heterocycles. The van der Waals surface area contributed by atoms with Gasteiger partial charge in [-0.3, -0.25) is 14.9 Å². The Bertz CT molecular complexity index is 543. The van der Waals surface area contributed by atoms with Gasteiger partial charge in [-0.1, -0.05) is 12.1 Å². The van der Waals surface area contributed by atoms with Crippen molar-refractivity contribution in [2.24, 2.45) is 5.41 Å². The molecule has 6 nitrogen and oxygen atoms in total. The van der Waals surface area contributed by atoms with E-state index in [1.54, 1.807) is 36.9 Å². The summed E-state index contributed by atoms with van der Waals surface area (Å²) in [5.41, 5.74) is 0.330. The fourth-order valence-electron chi connectivity index (χ4n) is 2.48. The Balaban J connectivity index is 2.37. The number of hydrogen-bond donors (Lipinski definition) is 1. The maximum Gasteiger partial charge on any atom is 0.311 e. The fraction of sp³-hybridized carbons (Fsp3) is 0.462. The lowest BCUT2D eigenvalue weighted by molar-refractivity contribution is -0.384. The molecule has 1 N–H and O–H groups in total. The van der Waals surface area contributed by atoms with E-state index in [4.69, 9.17) is 0 Å². The van der Waals surface area contributed by atoms with Crippen molar-refractivity contribution in [3.05, 3.63) is 33.9 Å². The number of rotatable bonds is 3. The van der Waals surface area contributed by atoms with Crippen LogP contribution in [-0.2, 0) is 4.79 Å². The number of anilines is 1. The molecule has 0 bridgehead atoms. The number of nitro benzene ring substituents is 1. The number of aryl methyl sites for hydroxylation is 1. The van der Waals surface area contributed by atoms with Gasteiger partial charge in [-0.25, -0.2) is 0 Å². The third-order valence-corrected chi connectivity index (χ3v) is 3.73. The van der Waals surface area contributed by atoms with Crippen LogP contribution in [0.4, 0.5) is 11.4 Å². The molecule has 0 spiro atoms. The number of nitro groups is 1.